The van der Waals surface area contributed by atoms with E-state index in [1.54, 1.807) is 6.07 Å². The maximum atomic E-state index is 10.3. The molecule has 0 aliphatic heterocycles. The Bertz CT molecular complexity index is 196. The Morgan fingerprint density at radius 1 is 1.70 bits per heavy atom. The number of thiophene rings is 1. The first-order valence-corrected chi connectivity index (χ1v) is 3.39. The van der Waals surface area contributed by atoms with Crippen LogP contribution in [0.1, 0.15) is 6.92 Å². The Kier molecular flexibility index (Phi) is 3.68. The van der Waals surface area contributed by atoms with Gasteiger partial charge in [-0.3, -0.25) is 4.79 Å². The molecule has 56 valence electrons. The van der Waals surface area contributed by atoms with Gasteiger partial charge < -0.3 is 10.9 Å². The van der Waals surface area contributed by atoms with Crippen LogP contribution in [0.25, 0.3) is 0 Å². The van der Waals surface area contributed by atoms with Crippen molar-refractivity contribution in [2.24, 2.45) is 0 Å². The van der Waals surface area contributed by atoms with Gasteiger partial charge in [-0.2, -0.15) is 0 Å². The largest absolute Gasteiger partial charge is 0.416 e. The summed E-state index contributed by atoms with van der Waals surface area (Å²) in [5.74, 6) is -0.266. The first-order valence-electron chi connectivity index (χ1n) is 2.51. The molecule has 0 saturated carbocycles. The summed E-state index contributed by atoms with van der Waals surface area (Å²) in [7, 11) is 0. The van der Waals surface area contributed by atoms with Gasteiger partial charge in [-0.05, 0) is 17.5 Å². The van der Waals surface area contributed by atoms with Gasteiger partial charge in [-0.1, -0.05) is 0 Å². The predicted molar refractivity (Wildman–Crippen MR) is 40.7 cm³/mol. The Morgan fingerprint density at radius 2 is 2.40 bits per heavy atom. The summed E-state index contributed by atoms with van der Waals surface area (Å²) in [6, 6.07) is 3.59. The fraction of sp³-hybridized carbons (Fsp3) is 0.167. The van der Waals surface area contributed by atoms with Crippen LogP contribution in [0, 0.1) is 0 Å². The van der Waals surface area contributed by atoms with E-state index in [9.17, 15) is 4.79 Å². The van der Waals surface area contributed by atoms with E-state index in [0.717, 1.165) is 0 Å². The van der Waals surface area contributed by atoms with Crippen molar-refractivity contribution >= 4 is 17.3 Å². The molecular weight excluding hydrogens is 150 g/mol. The van der Waals surface area contributed by atoms with Gasteiger partial charge in [0.25, 0.3) is 0 Å². The Morgan fingerprint density at radius 3 is 2.80 bits per heavy atom. The maximum Gasteiger partial charge on any atom is 0.308 e. The normalized spacial score (nSPS) is 8.10. The van der Waals surface area contributed by atoms with Gasteiger partial charge in [0, 0.05) is 6.92 Å². The monoisotopic (exact) mass is 159 g/mol. The second-order valence-corrected chi connectivity index (χ2v) is 2.44. The molecule has 1 rings (SSSR count). The summed E-state index contributed by atoms with van der Waals surface area (Å²) in [5, 5.41) is 2.51. The molecule has 0 aliphatic rings. The molecule has 0 amide bonds. The molecule has 0 fully saturated rings. The van der Waals surface area contributed by atoms with Gasteiger partial charge in [0.1, 0.15) is 0 Å². The highest BCUT2D eigenvalue weighted by atomic mass is 32.1. The fourth-order valence-corrected chi connectivity index (χ4v) is 1.08. The molecule has 1 aromatic rings. The fourth-order valence-electron chi connectivity index (χ4n) is 0.463. The number of rotatable bonds is 1. The molecule has 0 aromatic carbocycles. The van der Waals surface area contributed by atoms with Crippen LogP contribution in [0.5, 0.6) is 5.06 Å². The summed E-state index contributed by atoms with van der Waals surface area (Å²) in [5.41, 5.74) is 0. The third kappa shape index (κ3) is 2.61. The molecule has 0 unspecified atom stereocenters. The van der Waals surface area contributed by atoms with E-state index in [-0.39, 0.29) is 12.1 Å². The van der Waals surface area contributed by atoms with Gasteiger partial charge in [-0.15, -0.1) is 11.3 Å². The SMILES string of the molecule is CC(=O)Oc1cccs1.N. The summed E-state index contributed by atoms with van der Waals surface area (Å²) in [4.78, 5) is 10.3. The van der Waals surface area contributed by atoms with Crippen molar-refractivity contribution in [3.05, 3.63) is 17.5 Å². The van der Waals surface area contributed by atoms with E-state index in [1.807, 2.05) is 11.4 Å². The number of hydrogen-bond acceptors (Lipinski definition) is 4. The maximum absolute atomic E-state index is 10.3. The van der Waals surface area contributed by atoms with E-state index < -0.39 is 0 Å². The first-order chi connectivity index (χ1) is 4.29. The number of ether oxygens (including phenoxy) is 1. The summed E-state index contributed by atoms with van der Waals surface area (Å²) >= 11 is 1.41. The number of esters is 1. The van der Waals surface area contributed by atoms with Crippen LogP contribution in [0.2, 0.25) is 0 Å². The molecule has 0 spiro atoms. The molecule has 4 heteroatoms. The molecule has 3 N–H and O–H groups in total. The van der Waals surface area contributed by atoms with Gasteiger partial charge in [0.05, 0.1) is 0 Å². The van der Waals surface area contributed by atoms with Crippen LogP contribution in [-0.2, 0) is 4.79 Å². The molecule has 10 heavy (non-hydrogen) atoms. The third-order valence-electron chi connectivity index (χ3n) is 0.739. The lowest BCUT2D eigenvalue weighted by atomic mass is 10.6. The summed E-state index contributed by atoms with van der Waals surface area (Å²) < 4.78 is 4.73. The average molecular weight is 159 g/mol. The lowest BCUT2D eigenvalue weighted by Gasteiger charge is -1.91. The van der Waals surface area contributed by atoms with Crippen LogP contribution in [0.15, 0.2) is 17.5 Å². The van der Waals surface area contributed by atoms with Crippen LogP contribution < -0.4 is 10.9 Å². The Labute approximate surface area is 63.2 Å². The Hall–Kier alpha value is -0.870. The molecule has 1 heterocycles. The standard InChI is InChI=1S/C6H6O2S.H3N/c1-5(7)8-6-3-2-4-9-6;/h2-4H,1H3;1H3. The highest BCUT2D eigenvalue weighted by Gasteiger charge is 1.95. The topological polar surface area (TPSA) is 61.3 Å². The average Bonchev–Trinajstić information content (AvgIpc) is 2.15. The molecule has 0 aliphatic carbocycles. The van der Waals surface area contributed by atoms with Gasteiger partial charge >= 0.3 is 5.97 Å². The highest BCUT2D eigenvalue weighted by Crippen LogP contribution is 2.17. The van der Waals surface area contributed by atoms with Crippen LogP contribution in [0.4, 0.5) is 0 Å². The molecule has 0 saturated heterocycles. The molecule has 3 nitrogen and oxygen atoms in total. The van der Waals surface area contributed by atoms with Crippen molar-refractivity contribution in [2.45, 2.75) is 6.92 Å². The lowest BCUT2D eigenvalue weighted by Crippen LogP contribution is -1.98. The molecule has 0 atom stereocenters. The quantitative estimate of drug-likeness (QED) is 0.636. The molecule has 1 aromatic heterocycles. The van der Waals surface area contributed by atoms with E-state index in [0.29, 0.717) is 5.06 Å². The van der Waals surface area contributed by atoms with Crippen molar-refractivity contribution in [1.29, 1.82) is 0 Å². The zero-order chi connectivity index (χ0) is 6.69. The Balaban J connectivity index is 0.000000810. The van der Waals surface area contributed by atoms with Crippen molar-refractivity contribution in [1.82, 2.24) is 6.15 Å². The summed E-state index contributed by atoms with van der Waals surface area (Å²) in [6.45, 7) is 1.39. The van der Waals surface area contributed by atoms with E-state index in [2.05, 4.69) is 0 Å². The second-order valence-electron chi connectivity index (χ2n) is 1.53. The first kappa shape index (κ1) is 9.13. The molecule has 0 bridgehead atoms. The van der Waals surface area contributed by atoms with Gasteiger partial charge in [0.2, 0.25) is 0 Å². The minimum atomic E-state index is -0.266. The highest BCUT2D eigenvalue weighted by molar-refractivity contribution is 7.11. The minimum Gasteiger partial charge on any atom is -0.416 e. The van der Waals surface area contributed by atoms with E-state index in [4.69, 9.17) is 4.74 Å². The zero-order valence-corrected chi connectivity index (χ0v) is 6.48. The summed E-state index contributed by atoms with van der Waals surface area (Å²) in [6.07, 6.45) is 0. The van der Waals surface area contributed by atoms with Crippen molar-refractivity contribution in [3.8, 4) is 5.06 Å². The number of carbonyl (C=O) groups is 1. The zero-order valence-electron chi connectivity index (χ0n) is 5.66. The second kappa shape index (κ2) is 4.03. The van der Waals surface area contributed by atoms with Crippen LogP contribution in [0.3, 0.4) is 0 Å². The molecular formula is C6H9NO2S. The smallest absolute Gasteiger partial charge is 0.308 e. The lowest BCUT2D eigenvalue weighted by molar-refractivity contribution is -0.131. The van der Waals surface area contributed by atoms with Gasteiger partial charge in [-0.25, -0.2) is 0 Å². The molecule has 0 radical (unpaired) electrons. The van der Waals surface area contributed by atoms with Crippen LogP contribution >= 0.6 is 11.3 Å². The van der Waals surface area contributed by atoms with E-state index in [1.165, 1.54) is 18.3 Å². The predicted octanol–water partition coefficient (Wildman–Crippen LogP) is 1.84. The minimum absolute atomic E-state index is 0. The third-order valence-corrected chi connectivity index (χ3v) is 1.48. The van der Waals surface area contributed by atoms with Crippen molar-refractivity contribution in [2.75, 3.05) is 0 Å². The van der Waals surface area contributed by atoms with Crippen molar-refractivity contribution in [3.63, 3.8) is 0 Å². The van der Waals surface area contributed by atoms with E-state index >= 15 is 0 Å². The van der Waals surface area contributed by atoms with Gasteiger partial charge in [0.15, 0.2) is 5.06 Å². The number of carbonyl (C=O) groups excluding carboxylic acids is 1. The van der Waals surface area contributed by atoms with Crippen LogP contribution in [-0.4, -0.2) is 5.97 Å². The van der Waals surface area contributed by atoms with Crippen molar-refractivity contribution < 1.29 is 9.53 Å². The number of hydrogen-bond donors (Lipinski definition) is 1.